The largest absolute Gasteiger partial charge is 0.461 e. The predicted molar refractivity (Wildman–Crippen MR) is 70.1 cm³/mol. The van der Waals surface area contributed by atoms with Gasteiger partial charge in [-0.15, -0.1) is 5.10 Å². The topological polar surface area (TPSA) is 83.0 Å². The lowest BCUT2D eigenvalue weighted by molar-refractivity contribution is 0.0517. The monoisotopic (exact) mass is 278 g/mol. The van der Waals surface area contributed by atoms with Crippen molar-refractivity contribution >= 4 is 5.97 Å². The standard InChI is InChI=1S/C13H18N4O3/c1-4-19-13(18)12-11(7-9(2)3)17(16-15-12)8-10-5-6-14-20-10/h5-6,9H,4,7-8H2,1-3H3. The summed E-state index contributed by atoms with van der Waals surface area (Å²) in [6.07, 6.45) is 2.26. The van der Waals surface area contributed by atoms with E-state index in [1.807, 2.05) is 0 Å². The molecule has 0 atom stereocenters. The van der Waals surface area contributed by atoms with Crippen molar-refractivity contribution in [2.24, 2.45) is 5.92 Å². The third-order valence-electron chi connectivity index (χ3n) is 2.70. The number of esters is 1. The fraction of sp³-hybridized carbons (Fsp3) is 0.538. The lowest BCUT2D eigenvalue weighted by atomic mass is 10.1. The summed E-state index contributed by atoms with van der Waals surface area (Å²) in [6, 6.07) is 1.75. The van der Waals surface area contributed by atoms with Crippen LogP contribution in [0.25, 0.3) is 0 Å². The maximum atomic E-state index is 11.9. The van der Waals surface area contributed by atoms with Crippen LogP contribution in [0, 0.1) is 5.92 Å². The number of hydrogen-bond acceptors (Lipinski definition) is 6. The number of nitrogens with zero attached hydrogens (tertiary/aromatic N) is 4. The molecule has 0 spiro atoms. The molecule has 0 radical (unpaired) electrons. The molecule has 0 aliphatic rings. The van der Waals surface area contributed by atoms with Crippen molar-refractivity contribution in [1.29, 1.82) is 0 Å². The maximum Gasteiger partial charge on any atom is 0.360 e. The second-order valence-corrected chi connectivity index (χ2v) is 4.84. The van der Waals surface area contributed by atoms with E-state index < -0.39 is 5.97 Å². The zero-order chi connectivity index (χ0) is 14.5. The van der Waals surface area contributed by atoms with Crippen molar-refractivity contribution in [3.63, 3.8) is 0 Å². The quantitative estimate of drug-likeness (QED) is 0.748. The molecule has 0 fully saturated rings. The fourth-order valence-electron chi connectivity index (χ4n) is 1.88. The summed E-state index contributed by atoms with van der Waals surface area (Å²) in [4.78, 5) is 11.9. The first-order valence-electron chi connectivity index (χ1n) is 6.60. The van der Waals surface area contributed by atoms with Gasteiger partial charge in [-0.3, -0.25) is 0 Å². The van der Waals surface area contributed by atoms with Crippen molar-refractivity contribution < 1.29 is 14.1 Å². The van der Waals surface area contributed by atoms with E-state index >= 15 is 0 Å². The first-order valence-corrected chi connectivity index (χ1v) is 6.60. The minimum absolute atomic E-state index is 0.278. The van der Waals surface area contributed by atoms with Gasteiger partial charge >= 0.3 is 5.97 Å². The Bertz CT molecular complexity index is 560. The highest BCUT2D eigenvalue weighted by Crippen LogP contribution is 2.14. The van der Waals surface area contributed by atoms with Gasteiger partial charge in [0, 0.05) is 6.07 Å². The van der Waals surface area contributed by atoms with Crippen LogP contribution in [0.2, 0.25) is 0 Å². The first-order chi connectivity index (χ1) is 9.61. The minimum atomic E-state index is -0.438. The van der Waals surface area contributed by atoms with E-state index in [-0.39, 0.29) is 5.69 Å². The molecule has 20 heavy (non-hydrogen) atoms. The Labute approximate surface area is 116 Å². The predicted octanol–water partition coefficient (Wildman–Crippen LogP) is 1.69. The Morgan fingerprint density at radius 2 is 2.30 bits per heavy atom. The van der Waals surface area contributed by atoms with Gasteiger partial charge in [0.25, 0.3) is 0 Å². The van der Waals surface area contributed by atoms with E-state index in [4.69, 9.17) is 9.26 Å². The molecule has 2 rings (SSSR count). The Kier molecular flexibility index (Phi) is 4.49. The lowest BCUT2D eigenvalue weighted by Gasteiger charge is -2.08. The third-order valence-corrected chi connectivity index (χ3v) is 2.70. The van der Waals surface area contributed by atoms with Crippen LogP contribution in [0.5, 0.6) is 0 Å². The van der Waals surface area contributed by atoms with E-state index in [1.54, 1.807) is 23.9 Å². The van der Waals surface area contributed by atoms with Gasteiger partial charge in [0.1, 0.15) is 6.54 Å². The minimum Gasteiger partial charge on any atom is -0.461 e. The van der Waals surface area contributed by atoms with E-state index in [9.17, 15) is 4.79 Å². The molecule has 0 aliphatic heterocycles. The Morgan fingerprint density at radius 1 is 1.50 bits per heavy atom. The molecule has 0 saturated heterocycles. The number of carbonyl (C=O) groups excluding carboxylic acids is 1. The SMILES string of the molecule is CCOC(=O)c1nnn(Cc2ccno2)c1CC(C)C. The van der Waals surface area contributed by atoms with Gasteiger partial charge in [-0.25, -0.2) is 9.48 Å². The second-order valence-electron chi connectivity index (χ2n) is 4.84. The molecule has 2 aromatic rings. The summed E-state index contributed by atoms with van der Waals surface area (Å²) < 4.78 is 11.7. The van der Waals surface area contributed by atoms with Crippen LogP contribution >= 0.6 is 0 Å². The smallest absolute Gasteiger partial charge is 0.360 e. The highest BCUT2D eigenvalue weighted by atomic mass is 16.5. The van der Waals surface area contributed by atoms with Crippen molar-refractivity contribution in [2.75, 3.05) is 6.61 Å². The summed E-state index contributed by atoms with van der Waals surface area (Å²) in [5, 5.41) is 11.6. The van der Waals surface area contributed by atoms with Crippen molar-refractivity contribution in [1.82, 2.24) is 20.2 Å². The molecule has 0 aromatic carbocycles. The van der Waals surface area contributed by atoms with Crippen LogP contribution in [-0.2, 0) is 17.7 Å². The molecule has 0 saturated carbocycles. The van der Waals surface area contributed by atoms with Crippen LogP contribution in [0.3, 0.4) is 0 Å². The van der Waals surface area contributed by atoms with E-state index in [0.717, 1.165) is 5.69 Å². The Hall–Kier alpha value is -2.18. The zero-order valence-corrected chi connectivity index (χ0v) is 11.9. The first kappa shape index (κ1) is 14.2. The number of carbonyl (C=O) groups is 1. The fourth-order valence-corrected chi connectivity index (χ4v) is 1.88. The normalized spacial score (nSPS) is 11.0. The average Bonchev–Trinajstić information content (AvgIpc) is 3.01. The third kappa shape index (κ3) is 3.23. The van der Waals surface area contributed by atoms with Gasteiger partial charge in [0.2, 0.25) is 0 Å². The molecule has 0 bridgehead atoms. The van der Waals surface area contributed by atoms with Crippen molar-refractivity contribution in [2.45, 2.75) is 33.7 Å². The van der Waals surface area contributed by atoms with Crippen LogP contribution in [0.4, 0.5) is 0 Å². The number of aromatic nitrogens is 4. The number of hydrogen-bond donors (Lipinski definition) is 0. The summed E-state index contributed by atoms with van der Waals surface area (Å²) in [5.41, 5.74) is 1.04. The van der Waals surface area contributed by atoms with Crippen molar-refractivity contribution in [3.05, 3.63) is 29.4 Å². The Balaban J connectivity index is 2.29. The molecular weight excluding hydrogens is 260 g/mol. The maximum absolute atomic E-state index is 11.9. The Morgan fingerprint density at radius 3 is 2.90 bits per heavy atom. The van der Waals surface area contributed by atoms with Gasteiger partial charge in [-0.05, 0) is 19.3 Å². The highest BCUT2D eigenvalue weighted by Gasteiger charge is 2.22. The van der Waals surface area contributed by atoms with Crippen LogP contribution in [0.1, 0.15) is 42.7 Å². The molecule has 7 heteroatoms. The summed E-state index contributed by atoms with van der Waals surface area (Å²) in [5.74, 6) is 0.595. The van der Waals surface area contributed by atoms with Gasteiger partial charge < -0.3 is 9.26 Å². The van der Waals surface area contributed by atoms with E-state index in [0.29, 0.717) is 31.3 Å². The number of rotatable bonds is 6. The van der Waals surface area contributed by atoms with Crippen LogP contribution < -0.4 is 0 Å². The molecule has 7 nitrogen and oxygen atoms in total. The molecule has 108 valence electrons. The van der Waals surface area contributed by atoms with Crippen molar-refractivity contribution in [3.8, 4) is 0 Å². The zero-order valence-electron chi connectivity index (χ0n) is 11.9. The summed E-state index contributed by atoms with van der Waals surface area (Å²) in [7, 11) is 0. The molecular formula is C13H18N4O3. The second kappa shape index (κ2) is 6.31. The molecule has 0 amide bonds. The van der Waals surface area contributed by atoms with Gasteiger partial charge in [-0.1, -0.05) is 24.2 Å². The van der Waals surface area contributed by atoms with Gasteiger partial charge in [0.15, 0.2) is 11.5 Å². The molecule has 0 N–H and O–H groups in total. The molecule has 2 aromatic heterocycles. The molecule has 2 heterocycles. The highest BCUT2D eigenvalue weighted by molar-refractivity contribution is 5.88. The van der Waals surface area contributed by atoms with Crippen LogP contribution in [0.15, 0.2) is 16.8 Å². The van der Waals surface area contributed by atoms with E-state index in [1.165, 1.54) is 0 Å². The van der Waals surface area contributed by atoms with Gasteiger partial charge in [0.05, 0.1) is 18.5 Å². The molecule has 0 aliphatic carbocycles. The van der Waals surface area contributed by atoms with Gasteiger partial charge in [-0.2, -0.15) is 0 Å². The molecule has 0 unspecified atom stereocenters. The summed E-state index contributed by atoms with van der Waals surface area (Å²) in [6.45, 7) is 6.61. The van der Waals surface area contributed by atoms with Crippen LogP contribution in [-0.4, -0.2) is 32.7 Å². The average molecular weight is 278 g/mol. The van der Waals surface area contributed by atoms with E-state index in [2.05, 4.69) is 29.3 Å². The lowest BCUT2D eigenvalue weighted by Crippen LogP contribution is -2.13. The number of ether oxygens (including phenoxy) is 1. The summed E-state index contributed by atoms with van der Waals surface area (Å²) >= 11 is 0.